The molecule has 0 heterocycles. The summed E-state index contributed by atoms with van der Waals surface area (Å²) in [6.07, 6.45) is 0.915. The van der Waals surface area contributed by atoms with Crippen molar-refractivity contribution < 1.29 is 4.79 Å². The molecule has 0 aliphatic heterocycles. The molecule has 2 aromatic rings. The topological polar surface area (TPSA) is 17.1 Å². The van der Waals surface area contributed by atoms with Gasteiger partial charge < -0.3 is 0 Å². The monoisotopic (exact) mass is 252 g/mol. The zero-order chi connectivity index (χ0) is 14.2. The fraction of sp³-hybridized carbons (Fsp3) is 0.278. The minimum Gasteiger partial charge on any atom is -0.298 e. The van der Waals surface area contributed by atoms with Crippen molar-refractivity contribution in [3.05, 3.63) is 57.6 Å². The van der Waals surface area contributed by atoms with Gasteiger partial charge in [0.1, 0.15) is 6.29 Å². The minimum atomic E-state index is 0.751. The van der Waals surface area contributed by atoms with Crippen LogP contribution in [-0.4, -0.2) is 6.29 Å². The Hall–Kier alpha value is -1.89. The normalized spacial score (nSPS) is 10.6. The quantitative estimate of drug-likeness (QED) is 0.707. The van der Waals surface area contributed by atoms with Gasteiger partial charge in [0, 0.05) is 5.56 Å². The highest BCUT2D eigenvalue weighted by molar-refractivity contribution is 5.82. The maximum atomic E-state index is 10.9. The van der Waals surface area contributed by atoms with Crippen molar-refractivity contribution >= 4 is 6.29 Å². The van der Waals surface area contributed by atoms with E-state index in [0.29, 0.717) is 0 Å². The second kappa shape index (κ2) is 5.00. The molecule has 2 aromatic carbocycles. The Balaban J connectivity index is 2.76. The molecular formula is C18H20O. The highest BCUT2D eigenvalue weighted by atomic mass is 16.1. The molecule has 19 heavy (non-hydrogen) atoms. The Bertz CT molecular complexity index is 605. The summed E-state index contributed by atoms with van der Waals surface area (Å²) in [6.45, 7) is 10.6. The van der Waals surface area contributed by atoms with Crippen LogP contribution in [0.3, 0.4) is 0 Å². The molecule has 1 heteroatoms. The standard InChI is InChI=1S/C18H20O/c1-11-6-12(2)17(13(3)7-11)18-14(4)8-16(10-19)9-15(18)5/h6-10H,1-5H3. The van der Waals surface area contributed by atoms with Crippen LogP contribution in [0.2, 0.25) is 0 Å². The number of carbonyl (C=O) groups is 1. The van der Waals surface area contributed by atoms with Gasteiger partial charge in [-0.15, -0.1) is 0 Å². The van der Waals surface area contributed by atoms with Crippen molar-refractivity contribution in [2.45, 2.75) is 34.6 Å². The van der Waals surface area contributed by atoms with E-state index in [9.17, 15) is 4.79 Å². The lowest BCUT2D eigenvalue weighted by molar-refractivity contribution is 0.112. The van der Waals surface area contributed by atoms with Gasteiger partial charge in [0.2, 0.25) is 0 Å². The van der Waals surface area contributed by atoms with Gasteiger partial charge in [-0.05, 0) is 80.1 Å². The lowest BCUT2D eigenvalue weighted by atomic mass is 9.87. The third-order valence-corrected chi connectivity index (χ3v) is 3.62. The van der Waals surface area contributed by atoms with Gasteiger partial charge in [0.25, 0.3) is 0 Å². The molecule has 0 spiro atoms. The largest absolute Gasteiger partial charge is 0.298 e. The fourth-order valence-corrected chi connectivity index (χ4v) is 3.03. The maximum Gasteiger partial charge on any atom is 0.150 e. The molecule has 2 rings (SSSR count). The summed E-state index contributed by atoms with van der Waals surface area (Å²) in [4.78, 5) is 10.9. The van der Waals surface area contributed by atoms with E-state index < -0.39 is 0 Å². The van der Waals surface area contributed by atoms with Gasteiger partial charge >= 0.3 is 0 Å². The molecule has 0 fully saturated rings. The predicted molar refractivity (Wildman–Crippen MR) is 81.0 cm³/mol. The fourth-order valence-electron chi connectivity index (χ4n) is 3.03. The molecule has 1 nitrogen and oxygen atoms in total. The second-order valence-electron chi connectivity index (χ2n) is 5.42. The van der Waals surface area contributed by atoms with E-state index in [1.807, 2.05) is 12.1 Å². The third-order valence-electron chi connectivity index (χ3n) is 3.62. The molecule has 0 bridgehead atoms. The number of aldehydes is 1. The summed E-state index contributed by atoms with van der Waals surface area (Å²) >= 11 is 0. The van der Waals surface area contributed by atoms with E-state index in [0.717, 1.165) is 23.0 Å². The average Bonchev–Trinajstić information content (AvgIpc) is 2.31. The summed E-state index contributed by atoms with van der Waals surface area (Å²) in [6, 6.07) is 8.37. The Kier molecular flexibility index (Phi) is 3.57. The van der Waals surface area contributed by atoms with E-state index >= 15 is 0 Å². The Labute approximate surface area is 115 Å². The first-order chi connectivity index (χ1) is 8.93. The lowest BCUT2D eigenvalue weighted by Gasteiger charge is -2.17. The van der Waals surface area contributed by atoms with E-state index in [-0.39, 0.29) is 0 Å². The first-order valence-electron chi connectivity index (χ1n) is 6.58. The lowest BCUT2D eigenvalue weighted by Crippen LogP contribution is -1.97. The van der Waals surface area contributed by atoms with Crippen LogP contribution < -0.4 is 0 Å². The van der Waals surface area contributed by atoms with Crippen molar-refractivity contribution in [3.63, 3.8) is 0 Å². The first-order valence-corrected chi connectivity index (χ1v) is 6.58. The molecule has 0 atom stereocenters. The van der Waals surface area contributed by atoms with Crippen molar-refractivity contribution in [2.24, 2.45) is 0 Å². The van der Waals surface area contributed by atoms with Crippen molar-refractivity contribution in [3.8, 4) is 11.1 Å². The van der Waals surface area contributed by atoms with Gasteiger partial charge in [-0.25, -0.2) is 0 Å². The number of rotatable bonds is 2. The molecule has 0 N–H and O–H groups in total. The van der Waals surface area contributed by atoms with Gasteiger partial charge in [-0.3, -0.25) is 4.79 Å². The molecule has 0 radical (unpaired) electrons. The summed E-state index contributed by atoms with van der Waals surface area (Å²) in [5.41, 5.74) is 9.53. The van der Waals surface area contributed by atoms with Crippen LogP contribution in [0.25, 0.3) is 11.1 Å². The van der Waals surface area contributed by atoms with Crippen LogP contribution in [0, 0.1) is 34.6 Å². The maximum absolute atomic E-state index is 10.9. The molecule has 0 saturated heterocycles. The number of hydrogen-bond acceptors (Lipinski definition) is 1. The zero-order valence-electron chi connectivity index (χ0n) is 12.3. The van der Waals surface area contributed by atoms with Crippen LogP contribution in [0.1, 0.15) is 38.2 Å². The van der Waals surface area contributed by atoms with Crippen molar-refractivity contribution in [1.29, 1.82) is 0 Å². The zero-order valence-corrected chi connectivity index (χ0v) is 12.3. The molecule has 0 aromatic heterocycles. The van der Waals surface area contributed by atoms with Crippen LogP contribution in [-0.2, 0) is 0 Å². The minimum absolute atomic E-state index is 0.751. The summed E-state index contributed by atoms with van der Waals surface area (Å²) in [7, 11) is 0. The number of benzene rings is 2. The second-order valence-corrected chi connectivity index (χ2v) is 5.42. The third kappa shape index (κ3) is 2.46. The number of aryl methyl sites for hydroxylation is 5. The van der Waals surface area contributed by atoms with Crippen LogP contribution in [0.5, 0.6) is 0 Å². The molecule has 0 amide bonds. The van der Waals surface area contributed by atoms with Gasteiger partial charge in [-0.1, -0.05) is 17.7 Å². The smallest absolute Gasteiger partial charge is 0.150 e. The average molecular weight is 252 g/mol. The van der Waals surface area contributed by atoms with Gasteiger partial charge in [0.15, 0.2) is 0 Å². The van der Waals surface area contributed by atoms with Gasteiger partial charge in [-0.2, -0.15) is 0 Å². The summed E-state index contributed by atoms with van der Waals surface area (Å²) < 4.78 is 0. The Morgan fingerprint density at radius 1 is 0.684 bits per heavy atom. The van der Waals surface area contributed by atoms with E-state index in [2.05, 4.69) is 46.8 Å². The first kappa shape index (κ1) is 13.5. The number of hydrogen-bond donors (Lipinski definition) is 0. The molecule has 98 valence electrons. The van der Waals surface area contributed by atoms with Crippen molar-refractivity contribution in [1.82, 2.24) is 0 Å². The SMILES string of the molecule is Cc1cc(C)c(-c2c(C)cc(C=O)cc2C)c(C)c1. The molecule has 0 unspecified atom stereocenters. The van der Waals surface area contributed by atoms with Crippen LogP contribution in [0.4, 0.5) is 0 Å². The molecular weight excluding hydrogens is 232 g/mol. The highest BCUT2D eigenvalue weighted by Gasteiger charge is 2.12. The highest BCUT2D eigenvalue weighted by Crippen LogP contribution is 2.33. The van der Waals surface area contributed by atoms with E-state index in [1.165, 1.54) is 27.8 Å². The Morgan fingerprint density at radius 3 is 1.42 bits per heavy atom. The molecule has 0 saturated carbocycles. The van der Waals surface area contributed by atoms with Crippen LogP contribution >= 0.6 is 0 Å². The molecule has 0 aliphatic carbocycles. The van der Waals surface area contributed by atoms with E-state index in [4.69, 9.17) is 0 Å². The summed E-state index contributed by atoms with van der Waals surface area (Å²) in [5.74, 6) is 0. The number of carbonyl (C=O) groups excluding carboxylic acids is 1. The van der Waals surface area contributed by atoms with Crippen LogP contribution in [0.15, 0.2) is 24.3 Å². The summed E-state index contributed by atoms with van der Waals surface area (Å²) in [5, 5.41) is 0. The Morgan fingerprint density at radius 2 is 1.05 bits per heavy atom. The van der Waals surface area contributed by atoms with E-state index in [1.54, 1.807) is 0 Å². The van der Waals surface area contributed by atoms with Crippen molar-refractivity contribution in [2.75, 3.05) is 0 Å². The predicted octanol–water partition coefficient (Wildman–Crippen LogP) is 4.71. The molecule has 0 aliphatic rings. The van der Waals surface area contributed by atoms with Gasteiger partial charge in [0.05, 0.1) is 0 Å².